The molecular weight excluding hydrogens is 689 g/mol. The number of rotatable bonds is 3. The number of fused-ring (bicyclic) bond motifs is 15. The normalized spacial score (nSPS) is 13.6. The van der Waals surface area contributed by atoms with Crippen molar-refractivity contribution in [3.05, 3.63) is 193 Å². The summed E-state index contributed by atoms with van der Waals surface area (Å²) < 4.78 is 5.11. The van der Waals surface area contributed by atoms with Crippen molar-refractivity contribution < 1.29 is 0 Å². The first kappa shape index (κ1) is 31.1. The summed E-state index contributed by atoms with van der Waals surface area (Å²) in [4.78, 5) is 0. The van der Waals surface area contributed by atoms with Gasteiger partial charge in [-0.15, -0.1) is 0 Å². The fourth-order valence-corrected chi connectivity index (χ4v) is 10.9. The number of para-hydroxylation sites is 3. The molecule has 0 amide bonds. The molecule has 11 aromatic rings. The fraction of sp³-hybridized carbons (Fsp3) is 0.0545. The molecule has 0 fully saturated rings. The average Bonchev–Trinajstić information content (AvgIpc) is 3.96. The smallest absolute Gasteiger partial charge is 0.0644 e. The van der Waals surface area contributed by atoms with Gasteiger partial charge in [0.05, 0.1) is 22.1 Å². The zero-order valence-corrected chi connectivity index (χ0v) is 31.7. The summed E-state index contributed by atoms with van der Waals surface area (Å²) in [6, 6.07) is 67.8. The molecule has 0 spiro atoms. The van der Waals surface area contributed by atoms with E-state index in [9.17, 15) is 0 Å². The minimum absolute atomic E-state index is 0.227. The third-order valence-corrected chi connectivity index (χ3v) is 13.2. The van der Waals surface area contributed by atoms with Crippen molar-refractivity contribution in [2.24, 2.45) is 0 Å². The van der Waals surface area contributed by atoms with Crippen molar-refractivity contribution in [3.63, 3.8) is 0 Å². The molecule has 2 aromatic heterocycles. The highest BCUT2D eigenvalue weighted by molar-refractivity contribution is 6.32. The highest BCUT2D eigenvalue weighted by Crippen LogP contribution is 2.58. The predicted octanol–water partition coefficient (Wildman–Crippen LogP) is 14.7. The number of nitrogens with zero attached hydrogens (tertiary/aromatic N) is 2. The molecule has 2 heteroatoms. The molecule has 2 aliphatic rings. The Morgan fingerprint density at radius 2 is 0.912 bits per heavy atom. The van der Waals surface area contributed by atoms with Gasteiger partial charge in [-0.25, -0.2) is 0 Å². The van der Waals surface area contributed by atoms with E-state index in [1.54, 1.807) is 0 Å². The molecule has 2 aliphatic carbocycles. The van der Waals surface area contributed by atoms with Crippen molar-refractivity contribution in [1.82, 2.24) is 9.13 Å². The monoisotopic (exact) mass is 724 g/mol. The van der Waals surface area contributed by atoms with Crippen LogP contribution in [0.4, 0.5) is 0 Å². The van der Waals surface area contributed by atoms with E-state index in [-0.39, 0.29) is 5.41 Å². The summed E-state index contributed by atoms with van der Waals surface area (Å²) in [5.41, 5.74) is 20.3. The van der Waals surface area contributed by atoms with E-state index in [4.69, 9.17) is 0 Å². The van der Waals surface area contributed by atoms with Gasteiger partial charge in [-0.2, -0.15) is 0 Å². The van der Waals surface area contributed by atoms with Crippen LogP contribution in [0, 0.1) is 0 Å². The van der Waals surface area contributed by atoms with Crippen molar-refractivity contribution in [2.45, 2.75) is 19.3 Å². The molecular formula is C55H36N2. The van der Waals surface area contributed by atoms with Crippen LogP contribution >= 0.6 is 0 Å². The second-order valence-corrected chi connectivity index (χ2v) is 16.4. The van der Waals surface area contributed by atoms with Gasteiger partial charge < -0.3 is 9.13 Å². The van der Waals surface area contributed by atoms with Crippen LogP contribution in [0.15, 0.2) is 182 Å². The van der Waals surface area contributed by atoms with Crippen LogP contribution in [-0.4, -0.2) is 9.13 Å². The maximum atomic E-state index is 2.58. The zero-order chi connectivity index (χ0) is 37.6. The lowest BCUT2D eigenvalue weighted by Crippen LogP contribution is -2.15. The van der Waals surface area contributed by atoms with E-state index in [2.05, 4.69) is 205 Å². The molecule has 0 aliphatic heterocycles. The lowest BCUT2D eigenvalue weighted by atomic mass is 9.80. The molecule has 0 unspecified atom stereocenters. The van der Waals surface area contributed by atoms with Crippen LogP contribution < -0.4 is 0 Å². The second kappa shape index (κ2) is 11.0. The summed E-state index contributed by atoms with van der Waals surface area (Å²) in [5, 5.41) is 7.85. The fourth-order valence-electron chi connectivity index (χ4n) is 10.9. The Labute approximate surface area is 330 Å². The minimum Gasteiger partial charge on any atom is -0.309 e. The first-order valence-electron chi connectivity index (χ1n) is 20.0. The van der Waals surface area contributed by atoms with Gasteiger partial charge in [0.15, 0.2) is 0 Å². The lowest BCUT2D eigenvalue weighted by molar-refractivity contribution is 0.667. The zero-order valence-electron chi connectivity index (χ0n) is 31.7. The molecule has 0 saturated carbocycles. The molecule has 0 radical (unpaired) electrons. The Bertz CT molecular complexity index is 3510. The quantitative estimate of drug-likeness (QED) is 0.172. The number of benzene rings is 9. The summed E-state index contributed by atoms with van der Waals surface area (Å²) in [6.45, 7) is 4.86. The summed E-state index contributed by atoms with van der Waals surface area (Å²) in [5.74, 6) is 0. The van der Waals surface area contributed by atoms with Crippen LogP contribution in [0.2, 0.25) is 0 Å². The standard InChI is InChI=1S/C55H36N2/c1-55(2)45-27-11-8-22-42(45)49-52(55)50-43-23-9-12-28-46(43)56(34-17-4-3-5-18-34)54(50)51-44-24-10-13-29-47(44)57(53(49)51)35-19-14-16-33(32-35)36-30-31-41-38-21-7-6-20-37(38)40-26-15-25-39(36)48(40)41/h3-32H,1-2H3. The largest absolute Gasteiger partial charge is 0.309 e. The highest BCUT2D eigenvalue weighted by atomic mass is 15.0. The van der Waals surface area contributed by atoms with Crippen LogP contribution in [0.3, 0.4) is 0 Å². The van der Waals surface area contributed by atoms with E-state index >= 15 is 0 Å². The minimum atomic E-state index is -0.227. The Hall–Kier alpha value is -7.16. The van der Waals surface area contributed by atoms with Crippen LogP contribution in [0.25, 0.3) is 110 Å². The van der Waals surface area contributed by atoms with Gasteiger partial charge in [0, 0.05) is 43.9 Å². The second-order valence-electron chi connectivity index (χ2n) is 16.4. The van der Waals surface area contributed by atoms with Crippen LogP contribution in [0.1, 0.15) is 25.0 Å². The van der Waals surface area contributed by atoms with Crippen molar-refractivity contribution in [2.75, 3.05) is 0 Å². The number of hydrogen-bond acceptors (Lipinski definition) is 0. The van der Waals surface area contributed by atoms with Crippen LogP contribution in [-0.2, 0) is 5.41 Å². The molecule has 13 rings (SSSR count). The van der Waals surface area contributed by atoms with E-state index in [1.807, 2.05) is 0 Å². The topological polar surface area (TPSA) is 9.86 Å². The third kappa shape index (κ3) is 3.90. The Morgan fingerprint density at radius 3 is 1.68 bits per heavy atom. The molecule has 266 valence electrons. The average molecular weight is 725 g/mol. The van der Waals surface area contributed by atoms with Gasteiger partial charge in [0.2, 0.25) is 0 Å². The van der Waals surface area contributed by atoms with Gasteiger partial charge in [-0.1, -0.05) is 159 Å². The molecule has 9 aromatic carbocycles. The first-order valence-corrected chi connectivity index (χ1v) is 20.0. The molecule has 0 bridgehead atoms. The Balaban J connectivity index is 1.19. The molecule has 2 heterocycles. The summed E-state index contributed by atoms with van der Waals surface area (Å²) in [6.07, 6.45) is 0. The van der Waals surface area contributed by atoms with Crippen LogP contribution in [0.5, 0.6) is 0 Å². The lowest BCUT2D eigenvalue weighted by Gasteiger charge is -2.23. The van der Waals surface area contributed by atoms with Gasteiger partial charge in [-0.05, 0) is 97.2 Å². The van der Waals surface area contributed by atoms with Gasteiger partial charge >= 0.3 is 0 Å². The van der Waals surface area contributed by atoms with Crippen molar-refractivity contribution >= 4 is 54.4 Å². The maximum absolute atomic E-state index is 2.58. The number of aromatic nitrogens is 2. The highest BCUT2D eigenvalue weighted by Gasteiger charge is 2.41. The molecule has 0 saturated heterocycles. The van der Waals surface area contributed by atoms with E-state index in [1.165, 1.54) is 116 Å². The van der Waals surface area contributed by atoms with E-state index < -0.39 is 0 Å². The summed E-state index contributed by atoms with van der Waals surface area (Å²) in [7, 11) is 0. The van der Waals surface area contributed by atoms with Gasteiger partial charge in [-0.3, -0.25) is 0 Å². The third-order valence-electron chi connectivity index (χ3n) is 13.2. The molecule has 0 atom stereocenters. The number of hydrogen-bond donors (Lipinski definition) is 0. The first-order chi connectivity index (χ1) is 28.1. The molecule has 2 nitrogen and oxygen atoms in total. The predicted molar refractivity (Wildman–Crippen MR) is 240 cm³/mol. The SMILES string of the molecule is CC1(C)c2ccccc2-c2c1c1c3ccccc3n(-c3ccccc3)c1c1c3ccccc3n(-c3cccc(-c4ccc5c6c(cccc46)-c4ccccc4-5)c3)c21. The summed E-state index contributed by atoms with van der Waals surface area (Å²) >= 11 is 0. The van der Waals surface area contributed by atoms with Gasteiger partial charge in [0.25, 0.3) is 0 Å². The van der Waals surface area contributed by atoms with E-state index in [0.29, 0.717) is 0 Å². The Morgan fingerprint density at radius 1 is 0.368 bits per heavy atom. The van der Waals surface area contributed by atoms with E-state index in [0.717, 1.165) is 5.69 Å². The van der Waals surface area contributed by atoms with Crippen molar-refractivity contribution in [1.29, 1.82) is 0 Å². The molecule has 57 heavy (non-hydrogen) atoms. The Kier molecular flexibility index (Phi) is 6.00. The van der Waals surface area contributed by atoms with Crippen molar-refractivity contribution in [3.8, 4) is 55.9 Å². The van der Waals surface area contributed by atoms with Gasteiger partial charge in [0.1, 0.15) is 0 Å². The maximum Gasteiger partial charge on any atom is 0.0644 e. The molecule has 0 N–H and O–H groups in total.